The Hall–Kier alpha value is -1.13. The fourth-order valence-electron chi connectivity index (χ4n) is 2.15. The van der Waals surface area contributed by atoms with Crippen LogP contribution in [0.5, 0.6) is 0 Å². The fourth-order valence-corrected chi connectivity index (χ4v) is 2.31. The number of rotatable bonds is 4. The van der Waals surface area contributed by atoms with Crippen LogP contribution in [0.3, 0.4) is 0 Å². The molecule has 1 aromatic rings. The Morgan fingerprint density at radius 3 is 2.83 bits per heavy atom. The van der Waals surface area contributed by atoms with Crippen LogP contribution in [0.2, 0.25) is 5.02 Å². The van der Waals surface area contributed by atoms with Gasteiger partial charge in [-0.3, -0.25) is 9.69 Å². The number of aliphatic carboxylic acids is 1. The Bertz CT molecular complexity index is 460. The molecule has 1 saturated heterocycles. The van der Waals surface area contributed by atoms with E-state index >= 15 is 0 Å². The third-order valence-corrected chi connectivity index (χ3v) is 3.73. The molecule has 1 unspecified atom stereocenters. The number of benzene rings is 1. The molecule has 1 heterocycles. The third kappa shape index (κ3) is 2.82. The first-order valence-electron chi connectivity index (χ1n) is 5.86. The zero-order chi connectivity index (χ0) is 13.3. The van der Waals surface area contributed by atoms with Gasteiger partial charge < -0.3 is 5.11 Å². The summed E-state index contributed by atoms with van der Waals surface area (Å²) >= 11 is 5.68. The SMILES string of the molecule is CC(C(=O)O)C1CN(Cc2ccc(Cl)cc2F)C1. The number of likely N-dealkylation sites (tertiary alicyclic amines) is 1. The number of nitrogens with zero attached hydrogens (tertiary/aromatic N) is 1. The standard InChI is InChI=1S/C13H15ClFNO2/c1-8(13(17)18)10-6-16(7-10)5-9-2-3-11(14)4-12(9)15/h2-4,8,10H,5-7H2,1H3,(H,17,18). The maximum Gasteiger partial charge on any atom is 0.306 e. The molecule has 1 atom stereocenters. The Morgan fingerprint density at radius 2 is 2.28 bits per heavy atom. The number of carboxylic acid groups (broad SMARTS) is 1. The van der Waals surface area contributed by atoms with E-state index in [9.17, 15) is 9.18 Å². The largest absolute Gasteiger partial charge is 0.481 e. The van der Waals surface area contributed by atoms with Gasteiger partial charge in [-0.15, -0.1) is 0 Å². The highest BCUT2D eigenvalue weighted by Crippen LogP contribution is 2.26. The van der Waals surface area contributed by atoms with Gasteiger partial charge in [0.1, 0.15) is 5.82 Å². The van der Waals surface area contributed by atoms with Crippen LogP contribution in [0.4, 0.5) is 4.39 Å². The highest BCUT2D eigenvalue weighted by molar-refractivity contribution is 6.30. The molecule has 5 heteroatoms. The van der Waals surface area contributed by atoms with Gasteiger partial charge in [0.25, 0.3) is 0 Å². The summed E-state index contributed by atoms with van der Waals surface area (Å²) in [5, 5.41) is 9.26. The average Bonchev–Trinajstić information content (AvgIpc) is 2.24. The van der Waals surface area contributed by atoms with Gasteiger partial charge in [-0.2, -0.15) is 0 Å². The van der Waals surface area contributed by atoms with E-state index in [0.29, 0.717) is 30.2 Å². The van der Waals surface area contributed by atoms with E-state index in [-0.39, 0.29) is 17.7 Å². The number of hydrogen-bond acceptors (Lipinski definition) is 2. The lowest BCUT2D eigenvalue weighted by Crippen LogP contribution is -2.50. The molecule has 0 aliphatic carbocycles. The van der Waals surface area contributed by atoms with Gasteiger partial charge in [0, 0.05) is 30.2 Å². The first-order chi connectivity index (χ1) is 8.47. The van der Waals surface area contributed by atoms with Crippen LogP contribution in [-0.2, 0) is 11.3 Å². The molecular formula is C13H15ClFNO2. The molecule has 0 radical (unpaired) electrons. The van der Waals surface area contributed by atoms with Crippen LogP contribution >= 0.6 is 11.6 Å². The van der Waals surface area contributed by atoms with Gasteiger partial charge in [-0.05, 0) is 18.1 Å². The quantitative estimate of drug-likeness (QED) is 0.915. The number of carbonyl (C=O) groups is 1. The van der Waals surface area contributed by atoms with Gasteiger partial charge in [0.2, 0.25) is 0 Å². The molecule has 0 saturated carbocycles. The number of halogens is 2. The van der Waals surface area contributed by atoms with E-state index in [0.717, 1.165) is 0 Å². The van der Waals surface area contributed by atoms with E-state index < -0.39 is 5.97 Å². The Kier molecular flexibility index (Phi) is 3.88. The minimum atomic E-state index is -0.766. The maximum absolute atomic E-state index is 13.5. The van der Waals surface area contributed by atoms with Crippen LogP contribution in [0, 0.1) is 17.7 Å². The Labute approximate surface area is 110 Å². The normalized spacial score (nSPS) is 18.4. The van der Waals surface area contributed by atoms with Gasteiger partial charge in [0.15, 0.2) is 0 Å². The summed E-state index contributed by atoms with van der Waals surface area (Å²) in [5.74, 6) is -1.25. The first kappa shape index (κ1) is 13.3. The topological polar surface area (TPSA) is 40.5 Å². The molecule has 1 aliphatic rings. The van der Waals surface area contributed by atoms with Crippen molar-refractivity contribution in [2.75, 3.05) is 13.1 Å². The lowest BCUT2D eigenvalue weighted by Gasteiger charge is -2.41. The van der Waals surface area contributed by atoms with Crippen LogP contribution in [0.25, 0.3) is 0 Å². The zero-order valence-corrected chi connectivity index (χ0v) is 10.8. The summed E-state index contributed by atoms with van der Waals surface area (Å²) in [4.78, 5) is 12.8. The van der Waals surface area contributed by atoms with E-state index in [1.165, 1.54) is 6.07 Å². The van der Waals surface area contributed by atoms with Crippen molar-refractivity contribution in [2.24, 2.45) is 11.8 Å². The summed E-state index contributed by atoms with van der Waals surface area (Å²) < 4.78 is 13.5. The third-order valence-electron chi connectivity index (χ3n) is 3.49. The Balaban J connectivity index is 1.88. The monoisotopic (exact) mass is 271 g/mol. The summed E-state index contributed by atoms with van der Waals surface area (Å²) in [6.45, 7) is 3.63. The molecule has 0 spiro atoms. The van der Waals surface area contributed by atoms with Crippen molar-refractivity contribution in [2.45, 2.75) is 13.5 Å². The second-order valence-corrected chi connectivity index (χ2v) is 5.25. The number of hydrogen-bond donors (Lipinski definition) is 1. The first-order valence-corrected chi connectivity index (χ1v) is 6.24. The van der Waals surface area contributed by atoms with Crippen molar-refractivity contribution < 1.29 is 14.3 Å². The molecule has 2 rings (SSSR count). The highest BCUT2D eigenvalue weighted by atomic mass is 35.5. The van der Waals surface area contributed by atoms with E-state index in [4.69, 9.17) is 16.7 Å². The smallest absolute Gasteiger partial charge is 0.306 e. The predicted molar refractivity (Wildman–Crippen MR) is 67.0 cm³/mol. The molecule has 0 amide bonds. The summed E-state index contributed by atoms with van der Waals surface area (Å²) in [6.07, 6.45) is 0. The molecule has 1 fully saturated rings. The van der Waals surface area contributed by atoms with Crippen LogP contribution < -0.4 is 0 Å². The molecular weight excluding hydrogens is 257 g/mol. The van der Waals surface area contributed by atoms with Crippen molar-refractivity contribution in [3.8, 4) is 0 Å². The van der Waals surface area contributed by atoms with Gasteiger partial charge in [-0.1, -0.05) is 24.6 Å². The van der Waals surface area contributed by atoms with Crippen LogP contribution in [-0.4, -0.2) is 29.1 Å². The molecule has 0 bridgehead atoms. The van der Waals surface area contributed by atoms with Crippen molar-refractivity contribution in [1.29, 1.82) is 0 Å². The van der Waals surface area contributed by atoms with Crippen molar-refractivity contribution in [3.05, 3.63) is 34.6 Å². The molecule has 1 N–H and O–H groups in total. The van der Waals surface area contributed by atoms with Gasteiger partial charge >= 0.3 is 5.97 Å². The van der Waals surface area contributed by atoms with Crippen molar-refractivity contribution in [3.63, 3.8) is 0 Å². The van der Waals surface area contributed by atoms with Crippen molar-refractivity contribution >= 4 is 17.6 Å². The second kappa shape index (κ2) is 5.24. The highest BCUT2D eigenvalue weighted by Gasteiger charge is 2.34. The van der Waals surface area contributed by atoms with Crippen LogP contribution in [0.1, 0.15) is 12.5 Å². The summed E-state index contributed by atoms with van der Waals surface area (Å²) in [6, 6.07) is 4.64. The maximum atomic E-state index is 13.5. The molecule has 0 aromatic heterocycles. The van der Waals surface area contributed by atoms with Gasteiger partial charge in [0.05, 0.1) is 5.92 Å². The van der Waals surface area contributed by atoms with E-state index in [1.54, 1.807) is 19.1 Å². The molecule has 1 aromatic carbocycles. The van der Waals surface area contributed by atoms with Crippen LogP contribution in [0.15, 0.2) is 18.2 Å². The summed E-state index contributed by atoms with van der Waals surface area (Å²) in [7, 11) is 0. The lowest BCUT2D eigenvalue weighted by atomic mass is 9.87. The minimum Gasteiger partial charge on any atom is -0.481 e. The average molecular weight is 272 g/mol. The van der Waals surface area contributed by atoms with E-state index in [2.05, 4.69) is 0 Å². The fraction of sp³-hybridized carbons (Fsp3) is 0.462. The Morgan fingerprint density at radius 1 is 1.61 bits per heavy atom. The lowest BCUT2D eigenvalue weighted by molar-refractivity contribution is -0.145. The van der Waals surface area contributed by atoms with E-state index in [1.807, 2.05) is 4.90 Å². The molecule has 18 heavy (non-hydrogen) atoms. The number of carboxylic acids is 1. The summed E-state index contributed by atoms with van der Waals surface area (Å²) in [5.41, 5.74) is 0.598. The predicted octanol–water partition coefficient (Wildman–Crippen LogP) is 2.63. The zero-order valence-electron chi connectivity index (χ0n) is 10.1. The molecule has 3 nitrogen and oxygen atoms in total. The van der Waals surface area contributed by atoms with Crippen molar-refractivity contribution in [1.82, 2.24) is 4.90 Å². The molecule has 1 aliphatic heterocycles. The second-order valence-electron chi connectivity index (χ2n) is 4.82. The van der Waals surface area contributed by atoms with Gasteiger partial charge in [-0.25, -0.2) is 4.39 Å². The molecule has 98 valence electrons. The minimum absolute atomic E-state index is 0.165.